The Morgan fingerprint density at radius 1 is 1.18 bits per heavy atom. The summed E-state index contributed by atoms with van der Waals surface area (Å²) in [6.07, 6.45) is 8.18. The Balaban J connectivity index is 2.24. The number of hydrogen-bond donors (Lipinski definition) is 0. The summed E-state index contributed by atoms with van der Waals surface area (Å²) in [5, 5.41) is 2.53. The molecule has 0 N–H and O–H groups in total. The second-order valence-corrected chi connectivity index (χ2v) is 6.46. The molecule has 2 nitrogen and oxygen atoms in total. The molecule has 0 bridgehead atoms. The van der Waals surface area contributed by atoms with Crippen molar-refractivity contribution in [3.63, 3.8) is 0 Å². The smallest absolute Gasteiger partial charge is 0.190 e. The number of aromatic nitrogens is 2. The van der Waals surface area contributed by atoms with E-state index in [1.54, 1.807) is 11.8 Å². The van der Waals surface area contributed by atoms with Crippen molar-refractivity contribution in [1.29, 1.82) is 0 Å². The van der Waals surface area contributed by atoms with E-state index in [1.165, 1.54) is 36.1 Å². The SMILES string of the molecule is CSc1nc(Cl)c2c3c(sc2n1)CCCCC3. The van der Waals surface area contributed by atoms with E-state index in [0.29, 0.717) is 5.15 Å². The van der Waals surface area contributed by atoms with Gasteiger partial charge in [0.05, 0.1) is 5.39 Å². The van der Waals surface area contributed by atoms with Crippen LogP contribution in [0, 0.1) is 0 Å². The average molecular weight is 285 g/mol. The predicted molar refractivity (Wildman–Crippen MR) is 75.5 cm³/mol. The largest absolute Gasteiger partial charge is 0.211 e. The molecule has 0 saturated heterocycles. The summed E-state index contributed by atoms with van der Waals surface area (Å²) in [6, 6.07) is 0. The minimum absolute atomic E-state index is 0.638. The molecule has 0 fully saturated rings. The lowest BCUT2D eigenvalue weighted by Crippen LogP contribution is -1.90. The van der Waals surface area contributed by atoms with Crippen molar-refractivity contribution in [3.8, 4) is 0 Å². The van der Waals surface area contributed by atoms with Crippen molar-refractivity contribution in [1.82, 2.24) is 9.97 Å². The lowest BCUT2D eigenvalue weighted by Gasteiger charge is -2.01. The van der Waals surface area contributed by atoms with Crippen molar-refractivity contribution in [2.75, 3.05) is 6.26 Å². The lowest BCUT2D eigenvalue weighted by molar-refractivity contribution is 0.713. The first-order valence-corrected chi connectivity index (χ1v) is 8.23. The number of halogens is 1. The van der Waals surface area contributed by atoms with E-state index in [2.05, 4.69) is 9.97 Å². The number of thiophene rings is 1. The molecule has 3 rings (SSSR count). The maximum atomic E-state index is 6.31. The molecule has 2 aromatic heterocycles. The molecule has 0 unspecified atom stereocenters. The van der Waals surface area contributed by atoms with Crippen LogP contribution in [-0.2, 0) is 12.8 Å². The second kappa shape index (κ2) is 4.75. The van der Waals surface area contributed by atoms with Crippen molar-refractivity contribution >= 4 is 44.9 Å². The van der Waals surface area contributed by atoms with Gasteiger partial charge in [0.15, 0.2) is 5.16 Å². The third-order valence-corrected chi connectivity index (χ3v) is 5.19. The molecule has 1 aliphatic rings. The predicted octanol–water partition coefficient (Wildman–Crippen LogP) is 4.34. The van der Waals surface area contributed by atoms with Gasteiger partial charge in [0.2, 0.25) is 0 Å². The Morgan fingerprint density at radius 2 is 2.00 bits per heavy atom. The third-order valence-electron chi connectivity index (χ3n) is 3.18. The molecule has 17 heavy (non-hydrogen) atoms. The molecule has 2 heterocycles. The minimum Gasteiger partial charge on any atom is -0.211 e. The van der Waals surface area contributed by atoms with Crippen LogP contribution in [0.5, 0.6) is 0 Å². The van der Waals surface area contributed by atoms with Crippen LogP contribution in [0.3, 0.4) is 0 Å². The Bertz CT molecular complexity index is 565. The molecular formula is C12H13ClN2S2. The van der Waals surface area contributed by atoms with Crippen LogP contribution in [0.15, 0.2) is 5.16 Å². The number of hydrogen-bond acceptors (Lipinski definition) is 4. The number of rotatable bonds is 1. The quantitative estimate of drug-likeness (QED) is 0.337. The summed E-state index contributed by atoms with van der Waals surface area (Å²) in [6.45, 7) is 0. The van der Waals surface area contributed by atoms with Gasteiger partial charge in [0.25, 0.3) is 0 Å². The van der Waals surface area contributed by atoms with Crippen molar-refractivity contribution in [3.05, 3.63) is 15.6 Å². The number of aryl methyl sites for hydroxylation is 2. The zero-order valence-electron chi connectivity index (χ0n) is 9.62. The van der Waals surface area contributed by atoms with E-state index in [-0.39, 0.29) is 0 Å². The summed E-state index contributed by atoms with van der Waals surface area (Å²) >= 11 is 9.67. The third kappa shape index (κ3) is 2.07. The van der Waals surface area contributed by atoms with Gasteiger partial charge >= 0.3 is 0 Å². The van der Waals surface area contributed by atoms with Gasteiger partial charge in [-0.2, -0.15) is 0 Å². The summed E-state index contributed by atoms with van der Waals surface area (Å²) in [7, 11) is 0. The summed E-state index contributed by atoms with van der Waals surface area (Å²) < 4.78 is 0. The molecule has 5 heteroatoms. The summed E-state index contributed by atoms with van der Waals surface area (Å²) in [4.78, 5) is 11.5. The highest BCUT2D eigenvalue weighted by atomic mass is 35.5. The zero-order chi connectivity index (χ0) is 11.8. The van der Waals surface area contributed by atoms with E-state index in [0.717, 1.165) is 21.8 Å². The average Bonchev–Trinajstić information content (AvgIpc) is 2.52. The maximum Gasteiger partial charge on any atom is 0.190 e. The van der Waals surface area contributed by atoms with Crippen molar-refractivity contribution in [2.45, 2.75) is 37.3 Å². The Morgan fingerprint density at radius 3 is 2.82 bits per heavy atom. The highest BCUT2D eigenvalue weighted by Crippen LogP contribution is 2.38. The van der Waals surface area contributed by atoms with Gasteiger partial charge in [0.1, 0.15) is 9.98 Å². The van der Waals surface area contributed by atoms with Gasteiger partial charge in [-0.1, -0.05) is 29.8 Å². The minimum atomic E-state index is 0.638. The first-order chi connectivity index (χ1) is 8.29. The van der Waals surface area contributed by atoms with Crippen LogP contribution < -0.4 is 0 Å². The summed E-state index contributed by atoms with van der Waals surface area (Å²) in [5.41, 5.74) is 1.42. The summed E-state index contributed by atoms with van der Waals surface area (Å²) in [5.74, 6) is 0. The number of thioether (sulfide) groups is 1. The maximum absolute atomic E-state index is 6.31. The number of fused-ring (bicyclic) bond motifs is 3. The Hall–Kier alpha value is -0.320. The van der Waals surface area contributed by atoms with E-state index < -0.39 is 0 Å². The zero-order valence-corrected chi connectivity index (χ0v) is 12.0. The van der Waals surface area contributed by atoms with Crippen LogP contribution in [0.2, 0.25) is 5.15 Å². The van der Waals surface area contributed by atoms with E-state index >= 15 is 0 Å². The second-order valence-electron chi connectivity index (χ2n) is 4.25. The Kier molecular flexibility index (Phi) is 3.28. The molecule has 0 aromatic carbocycles. The highest BCUT2D eigenvalue weighted by Gasteiger charge is 2.19. The van der Waals surface area contributed by atoms with E-state index in [4.69, 9.17) is 11.6 Å². The van der Waals surface area contributed by atoms with E-state index in [9.17, 15) is 0 Å². The lowest BCUT2D eigenvalue weighted by atomic mass is 10.1. The highest BCUT2D eigenvalue weighted by molar-refractivity contribution is 7.98. The topological polar surface area (TPSA) is 25.8 Å². The first kappa shape index (κ1) is 11.8. The monoisotopic (exact) mass is 284 g/mol. The van der Waals surface area contributed by atoms with Gasteiger partial charge in [-0.05, 0) is 37.5 Å². The molecule has 0 radical (unpaired) electrons. The van der Waals surface area contributed by atoms with Gasteiger partial charge < -0.3 is 0 Å². The standard InChI is InChI=1S/C12H13ClN2S2/c1-16-12-14-10(13)9-7-5-3-2-4-6-8(7)17-11(9)15-12/h2-6H2,1H3. The van der Waals surface area contributed by atoms with Crippen LogP contribution in [0.4, 0.5) is 0 Å². The molecule has 0 spiro atoms. The van der Waals surface area contributed by atoms with Crippen LogP contribution >= 0.6 is 34.7 Å². The molecule has 0 amide bonds. The normalized spacial score (nSPS) is 15.9. The fourth-order valence-electron chi connectivity index (χ4n) is 2.36. The van der Waals surface area contributed by atoms with Crippen LogP contribution in [-0.4, -0.2) is 16.2 Å². The van der Waals surface area contributed by atoms with Crippen LogP contribution in [0.1, 0.15) is 29.7 Å². The molecule has 90 valence electrons. The molecule has 0 saturated carbocycles. The fourth-order valence-corrected chi connectivity index (χ4v) is 4.44. The van der Waals surface area contributed by atoms with Gasteiger partial charge in [-0.25, -0.2) is 9.97 Å². The number of nitrogens with zero attached hydrogens (tertiary/aromatic N) is 2. The van der Waals surface area contributed by atoms with Crippen molar-refractivity contribution < 1.29 is 0 Å². The molecular weight excluding hydrogens is 272 g/mol. The Labute approximate surface area is 114 Å². The fraction of sp³-hybridized carbons (Fsp3) is 0.500. The first-order valence-electron chi connectivity index (χ1n) is 5.81. The molecule has 0 aliphatic heterocycles. The molecule has 0 atom stereocenters. The van der Waals surface area contributed by atoms with E-state index in [1.807, 2.05) is 17.6 Å². The van der Waals surface area contributed by atoms with Gasteiger partial charge in [-0.15, -0.1) is 11.3 Å². The van der Waals surface area contributed by atoms with Gasteiger partial charge in [0, 0.05) is 4.88 Å². The van der Waals surface area contributed by atoms with Gasteiger partial charge in [-0.3, -0.25) is 0 Å². The molecule has 2 aromatic rings. The molecule has 1 aliphatic carbocycles. The van der Waals surface area contributed by atoms with Crippen LogP contribution in [0.25, 0.3) is 10.2 Å². The van der Waals surface area contributed by atoms with Crippen molar-refractivity contribution in [2.24, 2.45) is 0 Å².